The molecule has 0 atom stereocenters. The number of phenolic OH excluding ortho intramolecular Hbond substituents is 1. The number of rotatable bonds is 4. The maximum Gasteiger partial charge on any atom is 0.245 e. The van der Waals surface area contributed by atoms with Crippen LogP contribution >= 0.6 is 0 Å². The van der Waals surface area contributed by atoms with Gasteiger partial charge in [0.2, 0.25) is 6.33 Å². The zero-order chi connectivity index (χ0) is 32.6. The van der Waals surface area contributed by atoms with Gasteiger partial charge in [0.15, 0.2) is 0 Å². The smallest absolute Gasteiger partial charge is 0.245 e. The van der Waals surface area contributed by atoms with Crippen molar-refractivity contribution in [2.24, 2.45) is 0 Å². The first kappa shape index (κ1) is 29.8. The van der Waals surface area contributed by atoms with Gasteiger partial charge in [0.05, 0.1) is 27.9 Å². The number of fused-ring (bicyclic) bond motifs is 4. The Morgan fingerprint density at radius 3 is 2.02 bits per heavy atom. The van der Waals surface area contributed by atoms with Gasteiger partial charge in [0, 0.05) is 16.5 Å². The molecule has 7 aromatic rings. The zero-order valence-corrected chi connectivity index (χ0v) is 28.1. The second-order valence-corrected chi connectivity index (χ2v) is 15.0. The number of imidazole rings is 1. The lowest BCUT2D eigenvalue weighted by Crippen LogP contribution is -2.53. The number of benzene rings is 4. The van der Waals surface area contributed by atoms with Crippen LogP contribution in [0.2, 0.25) is 0 Å². The molecule has 7 rings (SSSR count). The Morgan fingerprint density at radius 1 is 0.674 bits per heavy atom. The quantitative estimate of drug-likeness (QED) is 0.160. The van der Waals surface area contributed by atoms with Gasteiger partial charge in [0.25, 0.3) is 0 Å². The average molecular weight is 607 g/mol. The van der Waals surface area contributed by atoms with Crippen LogP contribution in [0.3, 0.4) is 0 Å². The number of phenols is 1. The van der Waals surface area contributed by atoms with Gasteiger partial charge < -0.3 is 14.2 Å². The molecule has 5 nitrogen and oxygen atoms in total. The predicted molar refractivity (Wildman–Crippen MR) is 188 cm³/mol. The molecule has 0 unspecified atom stereocenters. The lowest BCUT2D eigenvalue weighted by atomic mass is 9.79. The highest BCUT2D eigenvalue weighted by Gasteiger charge is 2.32. The summed E-state index contributed by atoms with van der Waals surface area (Å²) in [6.45, 7) is 17.5. The number of aromatic hydroxyl groups is 1. The third-order valence-corrected chi connectivity index (χ3v) is 9.29. The van der Waals surface area contributed by atoms with E-state index < -0.39 is 5.54 Å². The number of nitrogens with zero attached hydrogens (tertiary/aromatic N) is 4. The third-order valence-electron chi connectivity index (χ3n) is 9.29. The SMILES string of the molecule is CC(C)(C)c1cc(-n2[c-][n+](C(C)(C)c3ccc4c5ccccc5n(-c5ccccc5)c4n3)c3ccccc32)c(O)c(C(C)(C)C)c1. The lowest BCUT2D eigenvalue weighted by Gasteiger charge is -2.28. The molecule has 0 aliphatic heterocycles. The first-order chi connectivity index (χ1) is 21.8. The van der Waals surface area contributed by atoms with Crippen LogP contribution in [-0.4, -0.2) is 19.2 Å². The molecular formula is C41H42N4O. The van der Waals surface area contributed by atoms with Crippen LogP contribution in [0.4, 0.5) is 0 Å². The summed E-state index contributed by atoms with van der Waals surface area (Å²) in [5, 5.41) is 14.1. The van der Waals surface area contributed by atoms with Crippen molar-refractivity contribution in [3.8, 4) is 17.1 Å². The number of pyridine rings is 1. The van der Waals surface area contributed by atoms with Crippen LogP contribution in [0.25, 0.3) is 44.3 Å². The van der Waals surface area contributed by atoms with Crippen LogP contribution in [0.5, 0.6) is 5.75 Å². The van der Waals surface area contributed by atoms with Crippen molar-refractivity contribution >= 4 is 33.0 Å². The Hall–Kier alpha value is -4.90. The maximum absolute atomic E-state index is 11.8. The summed E-state index contributed by atoms with van der Waals surface area (Å²) in [5.74, 6) is 0.286. The van der Waals surface area contributed by atoms with Crippen molar-refractivity contribution < 1.29 is 9.67 Å². The van der Waals surface area contributed by atoms with Crippen LogP contribution in [0, 0.1) is 6.33 Å². The monoisotopic (exact) mass is 606 g/mol. The van der Waals surface area contributed by atoms with Crippen molar-refractivity contribution in [1.29, 1.82) is 0 Å². The van der Waals surface area contributed by atoms with Gasteiger partial charge in [-0.2, -0.15) is 0 Å². The van der Waals surface area contributed by atoms with E-state index in [1.807, 2.05) is 16.7 Å². The summed E-state index contributed by atoms with van der Waals surface area (Å²) >= 11 is 0. The Balaban J connectivity index is 1.47. The molecule has 0 spiro atoms. The molecule has 0 bridgehead atoms. The standard InChI is InChI=1S/C41H42N4O/c1-39(2,3)27-24-31(40(4,5)6)37(46)35(25-27)43-26-44(34-21-15-14-20-33(34)43)41(7,8)36-23-22-30-29-18-12-13-19-32(29)45(38(30)42-36)28-16-10-9-11-17-28/h9-25,46H,1-8H3. The van der Waals surface area contributed by atoms with Crippen molar-refractivity contribution in [2.75, 3.05) is 0 Å². The molecule has 0 aliphatic rings. The number of hydrogen-bond donors (Lipinski definition) is 1. The molecule has 5 heteroatoms. The molecule has 4 aromatic carbocycles. The van der Waals surface area contributed by atoms with Gasteiger partial charge in [-0.1, -0.05) is 114 Å². The van der Waals surface area contributed by atoms with E-state index in [1.165, 1.54) is 10.9 Å². The lowest BCUT2D eigenvalue weighted by molar-refractivity contribution is -0.728. The Kier molecular flexibility index (Phi) is 6.68. The fraction of sp³-hybridized carbons (Fsp3) is 0.268. The van der Waals surface area contributed by atoms with Crippen LogP contribution in [0.1, 0.15) is 72.2 Å². The van der Waals surface area contributed by atoms with Crippen molar-refractivity contribution in [3.05, 3.63) is 126 Å². The highest BCUT2D eigenvalue weighted by atomic mass is 16.3. The van der Waals surface area contributed by atoms with Crippen LogP contribution < -0.4 is 4.57 Å². The van der Waals surface area contributed by atoms with E-state index >= 15 is 0 Å². The predicted octanol–water partition coefficient (Wildman–Crippen LogP) is 9.29. The van der Waals surface area contributed by atoms with Crippen LogP contribution in [0.15, 0.2) is 103 Å². The molecule has 3 aromatic heterocycles. The Morgan fingerprint density at radius 2 is 1.33 bits per heavy atom. The Bertz CT molecular complexity index is 2260. The molecule has 0 saturated carbocycles. The number of aromatic nitrogens is 4. The molecule has 0 saturated heterocycles. The van der Waals surface area contributed by atoms with Gasteiger partial charge in [0.1, 0.15) is 16.9 Å². The normalized spacial score (nSPS) is 12.9. The van der Waals surface area contributed by atoms with E-state index in [4.69, 9.17) is 4.98 Å². The summed E-state index contributed by atoms with van der Waals surface area (Å²) in [5.41, 5.74) is 7.94. The minimum Gasteiger partial charge on any atom is -0.513 e. The first-order valence-electron chi connectivity index (χ1n) is 16.1. The van der Waals surface area contributed by atoms with E-state index in [0.717, 1.165) is 50.2 Å². The molecule has 3 heterocycles. The van der Waals surface area contributed by atoms with Gasteiger partial charge in [-0.25, -0.2) is 4.98 Å². The topological polar surface area (TPSA) is 46.9 Å². The first-order valence-corrected chi connectivity index (χ1v) is 16.1. The summed E-state index contributed by atoms with van der Waals surface area (Å²) in [6, 6.07) is 35.9. The average Bonchev–Trinajstić information content (AvgIpc) is 3.57. The fourth-order valence-corrected chi connectivity index (χ4v) is 6.59. The van der Waals surface area contributed by atoms with Crippen LogP contribution in [-0.2, 0) is 16.4 Å². The second kappa shape index (κ2) is 10.3. The fourth-order valence-electron chi connectivity index (χ4n) is 6.59. The highest BCUT2D eigenvalue weighted by Crippen LogP contribution is 2.40. The van der Waals surface area contributed by atoms with E-state index in [9.17, 15) is 5.11 Å². The summed E-state index contributed by atoms with van der Waals surface area (Å²) in [4.78, 5) is 5.40. The molecule has 0 aliphatic carbocycles. The van der Waals surface area contributed by atoms with E-state index in [0.29, 0.717) is 0 Å². The number of para-hydroxylation sites is 4. The Labute approximate surface area is 271 Å². The second-order valence-electron chi connectivity index (χ2n) is 15.0. The molecule has 0 radical (unpaired) electrons. The molecule has 232 valence electrons. The summed E-state index contributed by atoms with van der Waals surface area (Å²) in [7, 11) is 0. The van der Waals surface area contributed by atoms with Gasteiger partial charge in [-0.05, 0) is 66.1 Å². The van der Waals surface area contributed by atoms with Gasteiger partial charge >= 0.3 is 0 Å². The molecular weight excluding hydrogens is 564 g/mol. The van der Waals surface area contributed by atoms with E-state index in [2.05, 4.69) is 162 Å². The van der Waals surface area contributed by atoms with Crippen molar-refractivity contribution in [2.45, 2.75) is 71.8 Å². The third kappa shape index (κ3) is 4.68. The zero-order valence-electron chi connectivity index (χ0n) is 28.1. The summed E-state index contributed by atoms with van der Waals surface area (Å²) < 4.78 is 6.45. The molecule has 1 N–H and O–H groups in total. The van der Waals surface area contributed by atoms with E-state index in [1.54, 1.807) is 0 Å². The molecule has 46 heavy (non-hydrogen) atoms. The number of hydrogen-bond acceptors (Lipinski definition) is 2. The maximum atomic E-state index is 11.8. The van der Waals surface area contributed by atoms with Gasteiger partial charge in [-0.15, -0.1) is 0 Å². The highest BCUT2D eigenvalue weighted by molar-refractivity contribution is 6.07. The van der Waals surface area contributed by atoms with Crippen molar-refractivity contribution in [3.63, 3.8) is 0 Å². The summed E-state index contributed by atoms with van der Waals surface area (Å²) in [6.07, 6.45) is 3.69. The largest absolute Gasteiger partial charge is 0.513 e. The molecule has 0 fully saturated rings. The molecule has 0 amide bonds. The minimum absolute atomic E-state index is 0.100. The van der Waals surface area contributed by atoms with Gasteiger partial charge in [-0.3, -0.25) is 4.57 Å². The minimum atomic E-state index is -0.582. The van der Waals surface area contributed by atoms with Crippen molar-refractivity contribution in [1.82, 2.24) is 14.1 Å². The van der Waals surface area contributed by atoms with E-state index in [-0.39, 0.29) is 16.6 Å².